The van der Waals surface area contributed by atoms with Gasteiger partial charge in [-0.25, -0.2) is 0 Å². The van der Waals surface area contributed by atoms with E-state index in [1.54, 1.807) is 0 Å². The summed E-state index contributed by atoms with van der Waals surface area (Å²) >= 11 is 0. The van der Waals surface area contributed by atoms with E-state index in [-0.39, 0.29) is 35.5 Å². The van der Waals surface area contributed by atoms with Gasteiger partial charge in [0.05, 0.1) is 0 Å². The van der Waals surface area contributed by atoms with Crippen LogP contribution in [0.5, 0.6) is 0 Å². The van der Waals surface area contributed by atoms with Crippen LogP contribution in [0.1, 0.15) is 26.7 Å². The van der Waals surface area contributed by atoms with Crippen molar-refractivity contribution < 1.29 is 29.4 Å². The number of Topliss-reactive ketones (excluding diaryl/α,β-unsaturated/α-hetero) is 2. The number of carbonyl (C=O) groups is 4. The molecule has 0 aliphatic rings. The summed E-state index contributed by atoms with van der Waals surface area (Å²) in [7, 11) is 0. The molecule has 0 fully saturated rings. The average Bonchev–Trinajstić information content (AvgIpc) is 1.79. The number of ketones is 2. The van der Waals surface area contributed by atoms with E-state index in [9.17, 15) is 29.4 Å². The van der Waals surface area contributed by atoms with Crippen molar-refractivity contribution in [2.45, 2.75) is 26.7 Å². The maximum atomic E-state index is 9.83. The summed E-state index contributed by atoms with van der Waals surface area (Å²) in [6.45, 7) is 2.41. The third-order valence-corrected chi connectivity index (χ3v) is 0.787. The van der Waals surface area contributed by atoms with Gasteiger partial charge in [-0.15, -0.1) is 0 Å². The van der Waals surface area contributed by atoms with Crippen LogP contribution in [0.3, 0.4) is 0 Å². The SMILES string of the molecule is CC(=O)CC(=O)[O-].CC(=O)CC(=O)[O-].[Sn+2]. The van der Waals surface area contributed by atoms with Crippen LogP contribution in [-0.2, 0) is 19.2 Å². The molecule has 0 aliphatic heterocycles. The van der Waals surface area contributed by atoms with E-state index >= 15 is 0 Å². The molecule has 0 amide bonds. The van der Waals surface area contributed by atoms with Crippen molar-refractivity contribution in [3.63, 3.8) is 0 Å². The van der Waals surface area contributed by atoms with E-state index in [1.165, 1.54) is 13.8 Å². The molecule has 0 unspecified atom stereocenters. The van der Waals surface area contributed by atoms with E-state index in [0.29, 0.717) is 0 Å². The number of hydrogen-bond acceptors (Lipinski definition) is 6. The molecule has 0 aromatic rings. The second kappa shape index (κ2) is 11.2. The maximum Gasteiger partial charge on any atom is 2.00 e. The Balaban J connectivity index is -0.000000180. The van der Waals surface area contributed by atoms with Gasteiger partial charge in [-0.2, -0.15) is 0 Å². The summed E-state index contributed by atoms with van der Waals surface area (Å²) < 4.78 is 0. The summed E-state index contributed by atoms with van der Waals surface area (Å²) in [4.78, 5) is 38.6. The number of hydrogen-bond donors (Lipinski definition) is 0. The first kappa shape index (κ1) is 19.6. The molecule has 0 aliphatic carbocycles. The minimum Gasteiger partial charge on any atom is -0.550 e. The fraction of sp³-hybridized carbons (Fsp3) is 0.500. The predicted molar refractivity (Wildman–Crippen MR) is 46.4 cm³/mol. The Morgan fingerprint density at radius 3 is 1.00 bits per heavy atom. The van der Waals surface area contributed by atoms with Gasteiger partial charge in [0.1, 0.15) is 11.6 Å². The van der Waals surface area contributed by atoms with E-state index in [0.717, 1.165) is 0 Å². The van der Waals surface area contributed by atoms with Crippen molar-refractivity contribution in [1.82, 2.24) is 0 Å². The largest absolute Gasteiger partial charge is 2.00 e. The van der Waals surface area contributed by atoms with Gasteiger partial charge in [-0.1, -0.05) is 0 Å². The van der Waals surface area contributed by atoms with E-state index in [1.807, 2.05) is 0 Å². The second-order valence-electron chi connectivity index (χ2n) is 2.50. The molecule has 0 atom stereocenters. The number of rotatable bonds is 4. The molecule has 0 rings (SSSR count). The average molecular weight is 321 g/mol. The molecule has 15 heavy (non-hydrogen) atoms. The minimum atomic E-state index is -1.31. The Kier molecular flexibility index (Phi) is 14.6. The number of aliphatic carboxylic acids is 2. The first-order valence-electron chi connectivity index (χ1n) is 3.64. The summed E-state index contributed by atoms with van der Waals surface area (Å²) in [5.41, 5.74) is 0. The zero-order chi connectivity index (χ0) is 11.7. The van der Waals surface area contributed by atoms with E-state index < -0.39 is 24.8 Å². The number of carboxylic acid groups (broad SMARTS) is 2. The summed E-state index contributed by atoms with van der Waals surface area (Å²) in [6.07, 6.45) is -0.944. The Morgan fingerprint density at radius 1 is 0.800 bits per heavy atom. The molecule has 82 valence electrons. The van der Waals surface area contributed by atoms with Crippen molar-refractivity contribution in [1.29, 1.82) is 0 Å². The van der Waals surface area contributed by atoms with Gasteiger partial charge in [-0.3, -0.25) is 9.59 Å². The van der Waals surface area contributed by atoms with Gasteiger partial charge < -0.3 is 19.8 Å². The number of carboxylic acids is 2. The smallest absolute Gasteiger partial charge is 0.550 e. The normalized spacial score (nSPS) is 7.60. The van der Waals surface area contributed by atoms with Crippen LogP contribution in [0.4, 0.5) is 0 Å². The van der Waals surface area contributed by atoms with Crippen molar-refractivity contribution in [2.75, 3.05) is 0 Å². The van der Waals surface area contributed by atoms with E-state index in [4.69, 9.17) is 0 Å². The van der Waals surface area contributed by atoms with Crippen LogP contribution in [0, 0.1) is 0 Å². The van der Waals surface area contributed by atoms with Crippen LogP contribution >= 0.6 is 0 Å². The molecule has 0 aromatic carbocycles. The molecule has 0 spiro atoms. The van der Waals surface area contributed by atoms with Crippen LogP contribution < -0.4 is 10.2 Å². The Morgan fingerprint density at radius 2 is 1.00 bits per heavy atom. The summed E-state index contributed by atoms with van der Waals surface area (Å²) in [5.74, 6) is -3.37. The van der Waals surface area contributed by atoms with Crippen LogP contribution in [-0.4, -0.2) is 47.4 Å². The first-order chi connectivity index (χ1) is 6.25. The Hall–Kier alpha value is -0.921. The standard InChI is InChI=1S/2C4H6O3.Sn/c2*1-3(5)2-4(6)7;/h2*2H2,1H3,(H,6,7);/q;;+2/p-2. The van der Waals surface area contributed by atoms with Gasteiger partial charge in [0.25, 0.3) is 0 Å². The third kappa shape index (κ3) is 32.0. The molecule has 2 radical (unpaired) electrons. The van der Waals surface area contributed by atoms with Gasteiger partial charge in [-0.05, 0) is 13.8 Å². The molecular weight excluding hydrogens is 311 g/mol. The van der Waals surface area contributed by atoms with Gasteiger partial charge >= 0.3 is 23.9 Å². The Bertz CT molecular complexity index is 198. The molecule has 0 saturated heterocycles. The summed E-state index contributed by atoms with van der Waals surface area (Å²) in [6, 6.07) is 0. The molecule has 0 heterocycles. The molecular formula is C8H10O6Sn. The van der Waals surface area contributed by atoms with Gasteiger partial charge in [0, 0.05) is 24.8 Å². The maximum absolute atomic E-state index is 9.83. The third-order valence-electron chi connectivity index (χ3n) is 0.787. The van der Waals surface area contributed by atoms with Crippen molar-refractivity contribution in [3.05, 3.63) is 0 Å². The van der Waals surface area contributed by atoms with Crippen LogP contribution in [0.2, 0.25) is 0 Å². The van der Waals surface area contributed by atoms with Crippen LogP contribution in [0.15, 0.2) is 0 Å². The zero-order valence-electron chi connectivity index (χ0n) is 8.36. The van der Waals surface area contributed by atoms with Gasteiger partial charge in [0.2, 0.25) is 0 Å². The topological polar surface area (TPSA) is 114 Å². The number of carbonyl (C=O) groups excluding carboxylic acids is 4. The molecule has 0 N–H and O–H groups in total. The predicted octanol–water partition coefficient (Wildman–Crippen LogP) is -2.95. The molecule has 7 heteroatoms. The monoisotopic (exact) mass is 322 g/mol. The van der Waals surface area contributed by atoms with E-state index in [2.05, 4.69) is 0 Å². The molecule has 0 aromatic heterocycles. The van der Waals surface area contributed by atoms with Crippen LogP contribution in [0.25, 0.3) is 0 Å². The second-order valence-corrected chi connectivity index (χ2v) is 2.50. The molecule has 0 saturated carbocycles. The summed E-state index contributed by atoms with van der Waals surface area (Å²) in [5, 5.41) is 19.0. The molecule has 0 bridgehead atoms. The fourth-order valence-corrected chi connectivity index (χ4v) is 0.407. The fourth-order valence-electron chi connectivity index (χ4n) is 0.407. The molecule has 6 nitrogen and oxygen atoms in total. The first-order valence-corrected chi connectivity index (χ1v) is 3.64. The van der Waals surface area contributed by atoms with Gasteiger partial charge in [0.15, 0.2) is 0 Å². The Labute approximate surface area is 104 Å². The van der Waals surface area contributed by atoms with Crippen molar-refractivity contribution >= 4 is 47.4 Å². The zero-order valence-corrected chi connectivity index (χ0v) is 11.2. The quantitative estimate of drug-likeness (QED) is 0.404. The minimum absolute atomic E-state index is 0. The van der Waals surface area contributed by atoms with Crippen molar-refractivity contribution in [2.24, 2.45) is 0 Å². The van der Waals surface area contributed by atoms with Crippen molar-refractivity contribution in [3.8, 4) is 0 Å².